The molecular formula is C20H30ClFN2O2. The molecule has 1 amide bonds. The maximum Gasteiger partial charge on any atom is 0.223 e. The Bertz CT molecular complexity index is 590. The van der Waals surface area contributed by atoms with Gasteiger partial charge in [-0.25, -0.2) is 4.39 Å². The van der Waals surface area contributed by atoms with Crippen LogP contribution in [0.15, 0.2) is 24.3 Å². The van der Waals surface area contributed by atoms with Gasteiger partial charge < -0.3 is 15.4 Å². The van der Waals surface area contributed by atoms with Crippen molar-refractivity contribution in [1.29, 1.82) is 0 Å². The molecule has 2 fully saturated rings. The van der Waals surface area contributed by atoms with Gasteiger partial charge in [0.05, 0.1) is 12.6 Å². The third kappa shape index (κ3) is 4.96. The van der Waals surface area contributed by atoms with Gasteiger partial charge in [0, 0.05) is 13.0 Å². The Balaban J connectivity index is 0.00000243. The molecule has 3 rings (SSSR count). The molecule has 1 saturated carbocycles. The van der Waals surface area contributed by atoms with Crippen molar-refractivity contribution in [3.63, 3.8) is 0 Å². The van der Waals surface area contributed by atoms with Crippen LogP contribution in [0.2, 0.25) is 0 Å². The number of ether oxygens (including phenoxy) is 1. The van der Waals surface area contributed by atoms with Gasteiger partial charge >= 0.3 is 0 Å². The first-order chi connectivity index (χ1) is 12.0. The van der Waals surface area contributed by atoms with Gasteiger partial charge in [-0.2, -0.15) is 0 Å². The molecule has 1 saturated heterocycles. The summed E-state index contributed by atoms with van der Waals surface area (Å²) in [5.41, 5.74) is 6.93. The summed E-state index contributed by atoms with van der Waals surface area (Å²) < 4.78 is 19.2. The highest BCUT2D eigenvalue weighted by atomic mass is 35.5. The molecule has 2 aliphatic rings. The van der Waals surface area contributed by atoms with E-state index in [0.717, 1.165) is 18.4 Å². The highest BCUT2D eigenvalue weighted by Gasteiger charge is 2.36. The summed E-state index contributed by atoms with van der Waals surface area (Å²) in [5, 5.41) is 0. The standard InChI is InChI=1S/C20H29FN2O2.ClH/c1-15-12-23(13-18(25-15)16-5-7-17(21)8-6-16)19(24)11-20(14-22)9-3-2-4-10-20;/h5-8,15,18H,2-4,9-14,22H2,1H3;1H. The summed E-state index contributed by atoms with van der Waals surface area (Å²) in [4.78, 5) is 14.9. The maximum absolute atomic E-state index is 13.2. The largest absolute Gasteiger partial charge is 0.367 e. The lowest BCUT2D eigenvalue weighted by atomic mass is 9.71. The second-order valence-corrected chi connectivity index (χ2v) is 7.73. The van der Waals surface area contributed by atoms with E-state index in [1.54, 1.807) is 12.1 Å². The van der Waals surface area contributed by atoms with Crippen LogP contribution in [0, 0.1) is 11.2 Å². The third-order valence-corrected chi connectivity index (χ3v) is 5.73. The van der Waals surface area contributed by atoms with Gasteiger partial charge in [-0.1, -0.05) is 31.4 Å². The van der Waals surface area contributed by atoms with Gasteiger partial charge in [-0.05, 0) is 49.4 Å². The normalized spacial score (nSPS) is 25.4. The average Bonchev–Trinajstić information content (AvgIpc) is 2.62. The summed E-state index contributed by atoms with van der Waals surface area (Å²) >= 11 is 0. The fourth-order valence-corrected chi connectivity index (χ4v) is 4.20. The molecule has 1 aliphatic carbocycles. The molecule has 146 valence electrons. The van der Waals surface area contributed by atoms with Gasteiger partial charge in [-0.15, -0.1) is 12.4 Å². The van der Waals surface area contributed by atoms with Gasteiger partial charge in [0.2, 0.25) is 5.91 Å². The molecule has 1 aliphatic heterocycles. The molecule has 1 aromatic rings. The highest BCUT2D eigenvalue weighted by molar-refractivity contribution is 5.85. The van der Waals surface area contributed by atoms with Crippen molar-refractivity contribution in [3.05, 3.63) is 35.6 Å². The molecule has 2 atom stereocenters. The maximum atomic E-state index is 13.2. The second kappa shape index (κ2) is 9.16. The molecular weight excluding hydrogens is 355 g/mol. The van der Waals surface area contributed by atoms with E-state index < -0.39 is 0 Å². The van der Waals surface area contributed by atoms with Gasteiger partial charge in [-0.3, -0.25) is 4.79 Å². The SMILES string of the molecule is CC1CN(C(=O)CC2(CN)CCCCC2)CC(c2ccc(F)cc2)O1.Cl. The lowest BCUT2D eigenvalue weighted by molar-refractivity contribution is -0.147. The number of hydrogen-bond donors (Lipinski definition) is 1. The number of halogens is 2. The average molecular weight is 385 g/mol. The number of morpholine rings is 1. The third-order valence-electron chi connectivity index (χ3n) is 5.73. The number of nitrogens with zero attached hydrogens (tertiary/aromatic N) is 1. The van der Waals surface area contributed by atoms with Gasteiger partial charge in [0.25, 0.3) is 0 Å². The molecule has 0 radical (unpaired) electrons. The van der Waals surface area contributed by atoms with E-state index in [1.165, 1.54) is 31.4 Å². The molecule has 0 aromatic heterocycles. The number of nitrogens with two attached hydrogens (primary N) is 1. The molecule has 2 N–H and O–H groups in total. The van der Waals surface area contributed by atoms with Crippen molar-refractivity contribution in [2.24, 2.45) is 11.1 Å². The summed E-state index contributed by atoms with van der Waals surface area (Å²) in [6.45, 7) is 3.70. The number of amides is 1. The van der Waals surface area contributed by atoms with Crippen LogP contribution in [-0.2, 0) is 9.53 Å². The van der Waals surface area contributed by atoms with Crippen LogP contribution < -0.4 is 5.73 Å². The van der Waals surface area contributed by atoms with E-state index in [0.29, 0.717) is 26.1 Å². The first-order valence-electron chi connectivity index (χ1n) is 9.40. The van der Waals surface area contributed by atoms with Crippen molar-refractivity contribution < 1.29 is 13.9 Å². The highest BCUT2D eigenvalue weighted by Crippen LogP contribution is 2.39. The number of benzene rings is 1. The van der Waals surface area contributed by atoms with E-state index in [4.69, 9.17) is 10.5 Å². The van der Waals surface area contributed by atoms with Crippen LogP contribution in [0.25, 0.3) is 0 Å². The second-order valence-electron chi connectivity index (χ2n) is 7.73. The fraction of sp³-hybridized carbons (Fsp3) is 0.650. The van der Waals surface area contributed by atoms with E-state index >= 15 is 0 Å². The van der Waals surface area contributed by atoms with Crippen molar-refractivity contribution in [2.75, 3.05) is 19.6 Å². The van der Waals surface area contributed by atoms with Crippen molar-refractivity contribution in [3.8, 4) is 0 Å². The first kappa shape index (κ1) is 21.1. The molecule has 4 nitrogen and oxygen atoms in total. The number of carbonyl (C=O) groups is 1. The summed E-state index contributed by atoms with van der Waals surface area (Å²) in [6.07, 6.45) is 5.99. The minimum atomic E-state index is -0.261. The fourth-order valence-electron chi connectivity index (χ4n) is 4.20. The Labute approximate surface area is 161 Å². The summed E-state index contributed by atoms with van der Waals surface area (Å²) in [6, 6.07) is 6.36. The van der Waals surface area contributed by atoms with Crippen LogP contribution in [-0.4, -0.2) is 36.5 Å². The Hall–Kier alpha value is -1.17. The number of rotatable bonds is 4. The van der Waals surface area contributed by atoms with E-state index in [2.05, 4.69) is 0 Å². The van der Waals surface area contributed by atoms with E-state index in [-0.39, 0.29) is 41.8 Å². The zero-order valence-electron chi connectivity index (χ0n) is 15.5. The number of carbonyl (C=O) groups excluding carboxylic acids is 1. The molecule has 0 bridgehead atoms. The predicted molar refractivity (Wildman–Crippen MR) is 103 cm³/mol. The molecule has 2 unspecified atom stereocenters. The van der Waals surface area contributed by atoms with Crippen molar-refractivity contribution in [2.45, 2.75) is 57.7 Å². The van der Waals surface area contributed by atoms with E-state index in [9.17, 15) is 9.18 Å². The van der Waals surface area contributed by atoms with Crippen molar-refractivity contribution in [1.82, 2.24) is 4.90 Å². The molecule has 0 spiro atoms. The lowest BCUT2D eigenvalue weighted by Crippen LogP contribution is -2.48. The zero-order valence-corrected chi connectivity index (χ0v) is 16.3. The Morgan fingerprint density at radius 3 is 2.50 bits per heavy atom. The Kier molecular flexibility index (Phi) is 7.44. The molecule has 1 aromatic carbocycles. The minimum Gasteiger partial charge on any atom is -0.367 e. The molecule has 1 heterocycles. The van der Waals surface area contributed by atoms with Crippen LogP contribution in [0.3, 0.4) is 0 Å². The molecule has 26 heavy (non-hydrogen) atoms. The van der Waals surface area contributed by atoms with Crippen molar-refractivity contribution >= 4 is 18.3 Å². The van der Waals surface area contributed by atoms with Crippen LogP contribution in [0.1, 0.15) is 57.1 Å². The zero-order chi connectivity index (χ0) is 17.9. The quantitative estimate of drug-likeness (QED) is 0.858. The topological polar surface area (TPSA) is 55.6 Å². The van der Waals surface area contributed by atoms with Crippen LogP contribution in [0.5, 0.6) is 0 Å². The van der Waals surface area contributed by atoms with Gasteiger partial charge in [0.15, 0.2) is 0 Å². The number of hydrogen-bond acceptors (Lipinski definition) is 3. The van der Waals surface area contributed by atoms with E-state index in [1.807, 2.05) is 11.8 Å². The predicted octanol–water partition coefficient (Wildman–Crippen LogP) is 3.84. The van der Waals surface area contributed by atoms with Crippen LogP contribution in [0.4, 0.5) is 4.39 Å². The summed E-state index contributed by atoms with van der Waals surface area (Å²) in [7, 11) is 0. The smallest absolute Gasteiger partial charge is 0.223 e. The monoisotopic (exact) mass is 384 g/mol. The molecule has 6 heteroatoms. The Morgan fingerprint density at radius 1 is 1.23 bits per heavy atom. The van der Waals surface area contributed by atoms with Crippen LogP contribution >= 0.6 is 12.4 Å². The summed E-state index contributed by atoms with van der Waals surface area (Å²) in [5.74, 6) is -0.0858. The lowest BCUT2D eigenvalue weighted by Gasteiger charge is -2.41. The van der Waals surface area contributed by atoms with Gasteiger partial charge in [0.1, 0.15) is 11.9 Å². The minimum absolute atomic E-state index is 0. The first-order valence-corrected chi connectivity index (χ1v) is 9.40. The Morgan fingerprint density at radius 2 is 1.88 bits per heavy atom.